The molecule has 2 aromatic rings. The average Bonchev–Trinajstić information content (AvgIpc) is 3.20. The van der Waals surface area contributed by atoms with E-state index in [4.69, 9.17) is 51.1 Å². The SMILES string of the molecule is Cc1cc(NC(=O)NC(=O)c2c(Cl)cccc2Cl)ccc1OCC1CC1(Cl)Cl. The van der Waals surface area contributed by atoms with Crippen molar-refractivity contribution in [2.24, 2.45) is 5.92 Å². The van der Waals surface area contributed by atoms with Crippen molar-refractivity contribution < 1.29 is 14.3 Å². The smallest absolute Gasteiger partial charge is 0.326 e. The Bertz CT molecular complexity index is 913. The number of carbonyl (C=O) groups excluding carboxylic acids is 2. The van der Waals surface area contributed by atoms with Gasteiger partial charge in [0.25, 0.3) is 5.91 Å². The van der Waals surface area contributed by atoms with Gasteiger partial charge in [-0.25, -0.2) is 4.79 Å². The number of carbonyl (C=O) groups is 2. The summed E-state index contributed by atoms with van der Waals surface area (Å²) in [7, 11) is 0. The molecular formula is C19H16Cl4N2O3. The summed E-state index contributed by atoms with van der Waals surface area (Å²) in [5.74, 6) is 0.0854. The molecule has 0 aromatic heterocycles. The summed E-state index contributed by atoms with van der Waals surface area (Å²) in [5, 5.41) is 5.10. The fourth-order valence-electron chi connectivity index (χ4n) is 2.57. The largest absolute Gasteiger partial charge is 0.493 e. The first-order chi connectivity index (χ1) is 13.2. The molecule has 1 atom stereocenters. The lowest BCUT2D eigenvalue weighted by molar-refractivity contribution is 0.0967. The van der Waals surface area contributed by atoms with Crippen LogP contribution >= 0.6 is 46.4 Å². The third-order valence-electron chi connectivity index (χ3n) is 4.25. The molecule has 28 heavy (non-hydrogen) atoms. The molecule has 148 valence electrons. The number of urea groups is 1. The first-order valence-corrected chi connectivity index (χ1v) is 9.86. The number of ether oxygens (including phenoxy) is 1. The Morgan fingerprint density at radius 3 is 2.39 bits per heavy atom. The Kier molecular flexibility index (Phi) is 6.30. The average molecular weight is 462 g/mol. The van der Waals surface area contributed by atoms with Crippen molar-refractivity contribution in [3.05, 3.63) is 57.6 Å². The van der Waals surface area contributed by atoms with E-state index in [1.54, 1.807) is 24.3 Å². The quantitative estimate of drug-likeness (QED) is 0.550. The molecule has 9 heteroatoms. The monoisotopic (exact) mass is 460 g/mol. The first-order valence-electron chi connectivity index (χ1n) is 8.35. The van der Waals surface area contributed by atoms with Gasteiger partial charge in [0.1, 0.15) is 10.1 Å². The fraction of sp³-hybridized carbons (Fsp3) is 0.263. The van der Waals surface area contributed by atoms with Gasteiger partial charge < -0.3 is 10.1 Å². The number of hydrogen-bond donors (Lipinski definition) is 2. The zero-order chi connectivity index (χ0) is 20.5. The van der Waals surface area contributed by atoms with E-state index in [1.165, 1.54) is 12.1 Å². The van der Waals surface area contributed by atoms with Gasteiger partial charge in [0.2, 0.25) is 0 Å². The number of imide groups is 1. The molecule has 0 saturated heterocycles. The van der Waals surface area contributed by atoms with Crippen LogP contribution in [0.1, 0.15) is 22.3 Å². The molecule has 1 aliphatic carbocycles. The molecule has 3 amide bonds. The molecule has 3 rings (SSSR count). The fourth-order valence-corrected chi connectivity index (χ4v) is 3.64. The second kappa shape index (κ2) is 8.37. The van der Waals surface area contributed by atoms with E-state index in [0.717, 1.165) is 5.56 Å². The molecule has 1 aliphatic rings. The van der Waals surface area contributed by atoms with Crippen molar-refractivity contribution in [2.75, 3.05) is 11.9 Å². The minimum Gasteiger partial charge on any atom is -0.493 e. The molecule has 1 unspecified atom stereocenters. The van der Waals surface area contributed by atoms with Crippen molar-refractivity contribution in [3.63, 3.8) is 0 Å². The van der Waals surface area contributed by atoms with Crippen LogP contribution in [-0.2, 0) is 0 Å². The number of nitrogens with one attached hydrogen (secondary N) is 2. The molecular weight excluding hydrogens is 446 g/mol. The van der Waals surface area contributed by atoms with Crippen molar-refractivity contribution in [1.29, 1.82) is 0 Å². The maximum atomic E-state index is 12.2. The van der Waals surface area contributed by atoms with Crippen LogP contribution in [0.4, 0.5) is 10.5 Å². The van der Waals surface area contributed by atoms with Gasteiger partial charge in [0.15, 0.2) is 0 Å². The summed E-state index contributed by atoms with van der Waals surface area (Å²) in [6.45, 7) is 2.27. The number of anilines is 1. The van der Waals surface area contributed by atoms with E-state index < -0.39 is 16.3 Å². The number of rotatable bonds is 5. The second-order valence-electron chi connectivity index (χ2n) is 6.46. The van der Waals surface area contributed by atoms with Crippen molar-refractivity contribution in [3.8, 4) is 5.75 Å². The van der Waals surface area contributed by atoms with Crippen LogP contribution in [0.5, 0.6) is 5.75 Å². The highest BCUT2D eigenvalue weighted by Gasteiger charge is 2.52. The Hall–Kier alpha value is -1.66. The molecule has 1 fully saturated rings. The van der Waals surface area contributed by atoms with Gasteiger partial charge in [-0.05, 0) is 49.2 Å². The Morgan fingerprint density at radius 2 is 1.82 bits per heavy atom. The van der Waals surface area contributed by atoms with E-state index in [9.17, 15) is 9.59 Å². The molecule has 0 bridgehead atoms. The molecule has 2 N–H and O–H groups in total. The number of hydrogen-bond acceptors (Lipinski definition) is 3. The lowest BCUT2D eigenvalue weighted by Gasteiger charge is -2.12. The van der Waals surface area contributed by atoms with Gasteiger partial charge in [-0.1, -0.05) is 29.3 Å². The third-order valence-corrected chi connectivity index (χ3v) is 5.80. The van der Waals surface area contributed by atoms with Crippen LogP contribution in [0.3, 0.4) is 0 Å². The highest BCUT2D eigenvalue weighted by Crippen LogP contribution is 2.53. The summed E-state index contributed by atoms with van der Waals surface area (Å²) in [4.78, 5) is 24.4. The topological polar surface area (TPSA) is 67.4 Å². The maximum Gasteiger partial charge on any atom is 0.326 e. The Morgan fingerprint density at radius 1 is 1.18 bits per heavy atom. The van der Waals surface area contributed by atoms with Crippen molar-refractivity contribution >= 4 is 64.0 Å². The Labute approximate surface area is 182 Å². The third kappa shape index (κ3) is 5.03. The molecule has 1 saturated carbocycles. The Balaban J connectivity index is 1.58. The first kappa shape index (κ1) is 21.1. The highest BCUT2D eigenvalue weighted by molar-refractivity contribution is 6.50. The lowest BCUT2D eigenvalue weighted by Crippen LogP contribution is -2.34. The predicted octanol–water partition coefficient (Wildman–Crippen LogP) is 5.84. The van der Waals surface area contributed by atoms with Gasteiger partial charge >= 0.3 is 6.03 Å². The van der Waals surface area contributed by atoms with Gasteiger partial charge in [-0.15, -0.1) is 23.2 Å². The van der Waals surface area contributed by atoms with Crippen LogP contribution in [0.25, 0.3) is 0 Å². The summed E-state index contributed by atoms with van der Waals surface area (Å²) >= 11 is 23.9. The van der Waals surface area contributed by atoms with Gasteiger partial charge in [0.05, 0.1) is 22.2 Å². The molecule has 0 radical (unpaired) electrons. The van der Waals surface area contributed by atoms with Crippen LogP contribution in [-0.4, -0.2) is 22.9 Å². The van der Waals surface area contributed by atoms with Crippen LogP contribution in [0.15, 0.2) is 36.4 Å². The van der Waals surface area contributed by atoms with Gasteiger partial charge in [-0.3, -0.25) is 10.1 Å². The predicted molar refractivity (Wildman–Crippen MR) is 112 cm³/mol. The number of benzene rings is 2. The standard InChI is InChI=1S/C19H16Cl4N2O3/c1-10-7-12(5-6-15(10)28-9-11-8-19(11,22)23)24-18(27)25-17(26)16-13(20)3-2-4-14(16)21/h2-7,11H,8-9H2,1H3,(H2,24,25,26,27). The summed E-state index contributed by atoms with van der Waals surface area (Å²) in [6.07, 6.45) is 0.707. The van der Waals surface area contributed by atoms with Crippen LogP contribution < -0.4 is 15.4 Å². The minimum atomic E-state index is -0.707. The molecule has 0 aliphatic heterocycles. The summed E-state index contributed by atoms with van der Waals surface area (Å²) in [6, 6.07) is 9.05. The number of amides is 3. The molecule has 5 nitrogen and oxygen atoms in total. The molecule has 2 aromatic carbocycles. The van der Waals surface area contributed by atoms with E-state index in [0.29, 0.717) is 24.5 Å². The zero-order valence-electron chi connectivity index (χ0n) is 14.7. The van der Waals surface area contributed by atoms with Gasteiger partial charge in [0, 0.05) is 11.6 Å². The van der Waals surface area contributed by atoms with E-state index >= 15 is 0 Å². The van der Waals surface area contributed by atoms with E-state index in [-0.39, 0.29) is 21.5 Å². The van der Waals surface area contributed by atoms with Gasteiger partial charge in [-0.2, -0.15) is 0 Å². The van der Waals surface area contributed by atoms with E-state index in [1.807, 2.05) is 6.92 Å². The van der Waals surface area contributed by atoms with E-state index in [2.05, 4.69) is 10.6 Å². The lowest BCUT2D eigenvalue weighted by atomic mass is 10.2. The maximum absolute atomic E-state index is 12.2. The normalized spacial score (nSPS) is 17.0. The minimum absolute atomic E-state index is 0.0376. The van der Waals surface area contributed by atoms with Crippen molar-refractivity contribution in [2.45, 2.75) is 17.7 Å². The molecule has 0 heterocycles. The van der Waals surface area contributed by atoms with Crippen LogP contribution in [0.2, 0.25) is 10.0 Å². The van der Waals surface area contributed by atoms with Crippen molar-refractivity contribution in [1.82, 2.24) is 5.32 Å². The second-order valence-corrected chi connectivity index (χ2v) is 8.82. The summed E-state index contributed by atoms with van der Waals surface area (Å²) in [5.41, 5.74) is 1.35. The van der Waals surface area contributed by atoms with Crippen LogP contribution in [0, 0.1) is 12.8 Å². The highest BCUT2D eigenvalue weighted by atomic mass is 35.5. The molecule has 0 spiro atoms. The number of alkyl halides is 2. The zero-order valence-corrected chi connectivity index (χ0v) is 17.7. The number of aryl methyl sites for hydroxylation is 1. The summed E-state index contributed by atoms with van der Waals surface area (Å²) < 4.78 is 5.03. The number of halogens is 4.